The molecule has 2 aromatic heterocycles. The Hall–Kier alpha value is -3.90. The largest absolute Gasteiger partial charge is 0.369 e. The Labute approximate surface area is 188 Å². The predicted octanol–water partition coefficient (Wildman–Crippen LogP) is 4.52. The van der Waals surface area contributed by atoms with Crippen molar-refractivity contribution in [3.63, 3.8) is 0 Å². The fraction of sp³-hybridized carbons (Fsp3) is 0.0800. The summed E-state index contributed by atoms with van der Waals surface area (Å²) in [6.45, 7) is 1.98. The minimum Gasteiger partial charge on any atom is -0.369 e. The molecule has 0 unspecified atom stereocenters. The number of aromatic nitrogens is 3. The minimum absolute atomic E-state index is 0.164. The van der Waals surface area contributed by atoms with E-state index in [9.17, 15) is 9.59 Å². The summed E-state index contributed by atoms with van der Waals surface area (Å²) in [6.07, 6.45) is 3.56. The average Bonchev–Trinajstić information content (AvgIpc) is 3.26. The lowest BCUT2D eigenvalue weighted by molar-refractivity contribution is -0.117. The smallest absolute Gasteiger partial charge is 0.265 e. The molecular weight excluding hydrogens is 424 g/mol. The lowest BCUT2D eigenvalue weighted by Crippen LogP contribution is -2.19. The predicted molar refractivity (Wildman–Crippen MR) is 127 cm³/mol. The van der Waals surface area contributed by atoms with Crippen molar-refractivity contribution in [1.82, 2.24) is 14.5 Å². The van der Waals surface area contributed by atoms with Crippen molar-refractivity contribution in [2.45, 2.75) is 13.3 Å². The molecule has 32 heavy (non-hydrogen) atoms. The molecule has 0 atom stereocenters. The van der Waals surface area contributed by atoms with E-state index in [1.165, 1.54) is 0 Å². The quantitative estimate of drug-likeness (QED) is 0.428. The molecule has 3 aromatic carbocycles. The zero-order valence-electron chi connectivity index (χ0n) is 17.2. The van der Waals surface area contributed by atoms with Crippen LogP contribution in [-0.2, 0) is 11.2 Å². The number of fused-ring (bicyclic) bond motifs is 2. The van der Waals surface area contributed by atoms with Crippen molar-refractivity contribution in [2.24, 2.45) is 5.73 Å². The van der Waals surface area contributed by atoms with Crippen LogP contribution in [0, 0.1) is 6.92 Å². The van der Waals surface area contributed by atoms with E-state index in [-0.39, 0.29) is 17.9 Å². The third-order valence-corrected chi connectivity index (χ3v) is 5.98. The topological polar surface area (TPSA) is 93.8 Å². The van der Waals surface area contributed by atoms with Gasteiger partial charge in [-0.1, -0.05) is 35.9 Å². The monoisotopic (exact) mass is 442 g/mol. The van der Waals surface area contributed by atoms with E-state index in [4.69, 9.17) is 17.3 Å². The van der Waals surface area contributed by atoms with Crippen LogP contribution in [0.3, 0.4) is 0 Å². The summed E-state index contributed by atoms with van der Waals surface area (Å²) >= 11 is 6.11. The van der Waals surface area contributed by atoms with E-state index in [2.05, 4.69) is 9.97 Å². The molecule has 0 saturated heterocycles. The number of hydrogen-bond acceptors (Lipinski definition) is 3. The Kier molecular flexibility index (Phi) is 4.79. The van der Waals surface area contributed by atoms with Crippen molar-refractivity contribution in [1.29, 1.82) is 0 Å². The first-order valence-corrected chi connectivity index (χ1v) is 10.5. The summed E-state index contributed by atoms with van der Waals surface area (Å²) in [7, 11) is 0. The van der Waals surface area contributed by atoms with Gasteiger partial charge in [0.05, 0.1) is 23.0 Å². The molecule has 3 N–H and O–H groups in total. The normalized spacial score (nSPS) is 11.3. The fourth-order valence-corrected chi connectivity index (χ4v) is 4.40. The van der Waals surface area contributed by atoms with Crippen LogP contribution in [0.2, 0.25) is 5.02 Å². The van der Waals surface area contributed by atoms with Crippen LogP contribution in [0.5, 0.6) is 0 Å². The third kappa shape index (κ3) is 3.25. The molecule has 158 valence electrons. The standard InChI is InChI=1S/C25H19ClN4O2/c1-14-17(18-7-5-15(11-23(27)31)24-19(18)9-10-28-24)3-2-4-22(14)30-13-29-21-8-6-16(26)12-20(21)25(30)32/h2-10,12-13,28H,11H2,1H3,(H2,27,31). The van der Waals surface area contributed by atoms with Crippen LogP contribution in [-0.4, -0.2) is 20.4 Å². The van der Waals surface area contributed by atoms with Crippen molar-refractivity contribution < 1.29 is 4.79 Å². The summed E-state index contributed by atoms with van der Waals surface area (Å²) in [4.78, 5) is 32.3. The number of nitrogens with one attached hydrogen (secondary N) is 1. The van der Waals surface area contributed by atoms with E-state index in [0.717, 1.165) is 38.8 Å². The molecule has 0 radical (unpaired) electrons. The van der Waals surface area contributed by atoms with Crippen LogP contribution < -0.4 is 11.3 Å². The maximum Gasteiger partial charge on any atom is 0.265 e. The van der Waals surface area contributed by atoms with Gasteiger partial charge >= 0.3 is 0 Å². The van der Waals surface area contributed by atoms with Gasteiger partial charge < -0.3 is 10.7 Å². The molecule has 6 nitrogen and oxygen atoms in total. The van der Waals surface area contributed by atoms with E-state index < -0.39 is 0 Å². The van der Waals surface area contributed by atoms with Crippen molar-refractivity contribution in [2.75, 3.05) is 0 Å². The summed E-state index contributed by atoms with van der Waals surface area (Å²) in [5.74, 6) is -0.380. The van der Waals surface area contributed by atoms with Crippen LogP contribution in [0.25, 0.3) is 38.6 Å². The highest BCUT2D eigenvalue weighted by Crippen LogP contribution is 2.34. The Balaban J connectivity index is 1.70. The Morgan fingerprint density at radius 1 is 1.09 bits per heavy atom. The van der Waals surface area contributed by atoms with E-state index in [1.807, 2.05) is 49.5 Å². The number of halogens is 1. The molecule has 5 rings (SSSR count). The number of rotatable bonds is 4. The first kappa shape index (κ1) is 20.0. The summed E-state index contributed by atoms with van der Waals surface area (Å²) in [5, 5.41) is 1.94. The molecule has 7 heteroatoms. The molecule has 0 saturated carbocycles. The van der Waals surface area contributed by atoms with Gasteiger partial charge in [0, 0.05) is 22.1 Å². The number of nitrogens with zero attached hydrogens (tertiary/aromatic N) is 2. The Morgan fingerprint density at radius 2 is 1.94 bits per heavy atom. The van der Waals surface area contributed by atoms with Gasteiger partial charge in [0.15, 0.2) is 0 Å². The molecule has 5 aromatic rings. The molecule has 0 fully saturated rings. The molecular formula is C25H19ClN4O2. The van der Waals surface area contributed by atoms with E-state index >= 15 is 0 Å². The van der Waals surface area contributed by atoms with E-state index in [1.54, 1.807) is 29.1 Å². The summed E-state index contributed by atoms with van der Waals surface area (Å²) in [5.41, 5.74) is 11.2. The number of primary amides is 1. The van der Waals surface area contributed by atoms with Gasteiger partial charge in [0.2, 0.25) is 5.91 Å². The molecule has 0 aliphatic rings. The van der Waals surface area contributed by atoms with Gasteiger partial charge in [-0.25, -0.2) is 4.98 Å². The van der Waals surface area contributed by atoms with Crippen LogP contribution in [0.1, 0.15) is 11.1 Å². The maximum atomic E-state index is 13.2. The highest BCUT2D eigenvalue weighted by atomic mass is 35.5. The van der Waals surface area contributed by atoms with Gasteiger partial charge in [0.25, 0.3) is 5.56 Å². The number of nitrogens with two attached hydrogens (primary N) is 1. The van der Waals surface area contributed by atoms with Gasteiger partial charge in [-0.05, 0) is 59.5 Å². The highest BCUT2D eigenvalue weighted by molar-refractivity contribution is 6.31. The maximum absolute atomic E-state index is 13.2. The van der Waals surface area contributed by atoms with Crippen molar-refractivity contribution in [3.8, 4) is 16.8 Å². The molecule has 0 aliphatic carbocycles. The van der Waals surface area contributed by atoms with Crippen LogP contribution >= 0.6 is 11.6 Å². The highest BCUT2D eigenvalue weighted by Gasteiger charge is 2.15. The summed E-state index contributed by atoms with van der Waals surface area (Å²) in [6, 6.07) is 16.8. The van der Waals surface area contributed by atoms with Crippen LogP contribution in [0.4, 0.5) is 0 Å². The molecule has 2 heterocycles. The number of aromatic amines is 1. The number of benzene rings is 3. The zero-order valence-corrected chi connectivity index (χ0v) is 18.0. The molecule has 0 spiro atoms. The summed E-state index contributed by atoms with van der Waals surface area (Å²) < 4.78 is 1.55. The Bertz CT molecular complexity index is 1580. The lowest BCUT2D eigenvalue weighted by atomic mass is 9.94. The SMILES string of the molecule is Cc1c(-c2ccc(CC(N)=O)c3[nH]ccc23)cccc1-n1cnc2ccc(Cl)cc2c1=O. The van der Waals surface area contributed by atoms with Crippen molar-refractivity contribution >= 4 is 39.3 Å². The average molecular weight is 443 g/mol. The first-order valence-electron chi connectivity index (χ1n) is 10.1. The fourth-order valence-electron chi connectivity index (χ4n) is 4.23. The Morgan fingerprint density at radius 3 is 2.75 bits per heavy atom. The number of carbonyl (C=O) groups is 1. The van der Waals surface area contributed by atoms with Gasteiger partial charge in [-0.3, -0.25) is 14.2 Å². The lowest BCUT2D eigenvalue weighted by Gasteiger charge is -2.15. The van der Waals surface area contributed by atoms with Crippen LogP contribution in [0.15, 0.2) is 71.9 Å². The van der Waals surface area contributed by atoms with Gasteiger partial charge in [0.1, 0.15) is 6.33 Å². The van der Waals surface area contributed by atoms with Gasteiger partial charge in [-0.15, -0.1) is 0 Å². The second-order valence-corrected chi connectivity index (χ2v) is 8.15. The van der Waals surface area contributed by atoms with Gasteiger partial charge in [-0.2, -0.15) is 0 Å². The molecule has 0 bridgehead atoms. The number of amides is 1. The first-order chi connectivity index (χ1) is 15.4. The second kappa shape index (κ2) is 7.66. The number of H-pyrrole nitrogens is 1. The minimum atomic E-state index is -0.380. The second-order valence-electron chi connectivity index (χ2n) is 7.71. The molecule has 1 amide bonds. The molecule has 0 aliphatic heterocycles. The number of carbonyl (C=O) groups excluding carboxylic acids is 1. The third-order valence-electron chi connectivity index (χ3n) is 5.75. The number of hydrogen-bond donors (Lipinski definition) is 2. The van der Waals surface area contributed by atoms with E-state index in [0.29, 0.717) is 15.9 Å². The van der Waals surface area contributed by atoms with Crippen molar-refractivity contribution in [3.05, 3.63) is 93.6 Å². The zero-order chi connectivity index (χ0) is 22.4.